The summed E-state index contributed by atoms with van der Waals surface area (Å²) in [6.07, 6.45) is 0.502. The average molecular weight is 209 g/mol. The lowest BCUT2D eigenvalue weighted by molar-refractivity contribution is 0.820. The predicted molar refractivity (Wildman–Crippen MR) is 59.5 cm³/mol. The first-order chi connectivity index (χ1) is 6.63. The lowest BCUT2D eigenvalue weighted by Crippen LogP contribution is -2.14. The van der Waals surface area contributed by atoms with Crippen LogP contribution in [0.15, 0.2) is 18.2 Å². The minimum absolute atomic E-state index is 0.167. The number of nitrogens with one attached hydrogen (secondary N) is 1. The highest BCUT2D eigenvalue weighted by atomic mass is 35.5. The van der Waals surface area contributed by atoms with Crippen molar-refractivity contribution in [2.24, 2.45) is 0 Å². The third-order valence-electron chi connectivity index (χ3n) is 1.99. The first kappa shape index (κ1) is 10.9. The summed E-state index contributed by atoms with van der Waals surface area (Å²) in [4.78, 5) is 0. The molecule has 0 aromatic heterocycles. The van der Waals surface area contributed by atoms with Gasteiger partial charge in [-0.1, -0.05) is 11.6 Å². The molecule has 0 heterocycles. The van der Waals surface area contributed by atoms with Crippen LogP contribution in [0.25, 0.3) is 0 Å². The fourth-order valence-electron chi connectivity index (χ4n) is 1.24. The first-order valence-corrected chi connectivity index (χ1v) is 4.91. The van der Waals surface area contributed by atoms with E-state index >= 15 is 0 Å². The Labute approximate surface area is 89.5 Å². The molecule has 0 aliphatic rings. The second kappa shape index (κ2) is 4.88. The second-order valence-electron chi connectivity index (χ2n) is 3.37. The summed E-state index contributed by atoms with van der Waals surface area (Å²) in [7, 11) is 0. The maximum atomic E-state index is 8.52. The number of hydrogen-bond acceptors (Lipinski definition) is 2. The number of rotatable bonds is 3. The summed E-state index contributed by atoms with van der Waals surface area (Å²) in [6, 6.07) is 7.98. The van der Waals surface area contributed by atoms with E-state index in [2.05, 4.69) is 11.4 Å². The van der Waals surface area contributed by atoms with Crippen LogP contribution in [0, 0.1) is 18.3 Å². The Balaban J connectivity index is 2.73. The monoisotopic (exact) mass is 208 g/mol. The van der Waals surface area contributed by atoms with E-state index in [1.807, 2.05) is 32.0 Å². The van der Waals surface area contributed by atoms with Crippen molar-refractivity contribution in [3.63, 3.8) is 0 Å². The van der Waals surface area contributed by atoms with Crippen molar-refractivity contribution in [1.82, 2.24) is 0 Å². The zero-order valence-electron chi connectivity index (χ0n) is 8.34. The van der Waals surface area contributed by atoms with E-state index in [0.717, 1.165) is 16.3 Å². The van der Waals surface area contributed by atoms with Crippen LogP contribution in [0.2, 0.25) is 5.02 Å². The van der Waals surface area contributed by atoms with Gasteiger partial charge in [-0.2, -0.15) is 5.26 Å². The summed E-state index contributed by atoms with van der Waals surface area (Å²) >= 11 is 5.83. The van der Waals surface area contributed by atoms with Crippen LogP contribution in [0.5, 0.6) is 0 Å². The molecule has 0 saturated heterocycles. The molecule has 1 aromatic carbocycles. The summed E-state index contributed by atoms with van der Waals surface area (Å²) in [5.41, 5.74) is 2.14. The van der Waals surface area contributed by atoms with Crippen LogP contribution in [-0.2, 0) is 0 Å². The average Bonchev–Trinajstić information content (AvgIpc) is 2.10. The van der Waals surface area contributed by atoms with Crippen molar-refractivity contribution in [1.29, 1.82) is 5.26 Å². The van der Waals surface area contributed by atoms with Crippen molar-refractivity contribution >= 4 is 17.3 Å². The minimum Gasteiger partial charge on any atom is -0.381 e. The molecule has 0 radical (unpaired) electrons. The van der Waals surface area contributed by atoms with E-state index < -0.39 is 0 Å². The fraction of sp³-hybridized carbons (Fsp3) is 0.364. The van der Waals surface area contributed by atoms with E-state index in [4.69, 9.17) is 16.9 Å². The Bertz CT molecular complexity index is 355. The maximum Gasteiger partial charge on any atom is 0.0643 e. The number of aryl methyl sites for hydroxylation is 1. The van der Waals surface area contributed by atoms with Gasteiger partial charge >= 0.3 is 0 Å². The van der Waals surface area contributed by atoms with Crippen molar-refractivity contribution in [2.75, 3.05) is 5.32 Å². The number of nitrogens with zero attached hydrogens (tertiary/aromatic N) is 1. The molecule has 0 fully saturated rings. The molecule has 0 amide bonds. The van der Waals surface area contributed by atoms with E-state index in [-0.39, 0.29) is 6.04 Å². The van der Waals surface area contributed by atoms with Gasteiger partial charge in [-0.05, 0) is 37.6 Å². The van der Waals surface area contributed by atoms with E-state index in [0.29, 0.717) is 6.42 Å². The molecule has 0 bridgehead atoms. The smallest absolute Gasteiger partial charge is 0.0643 e. The normalized spacial score (nSPS) is 11.9. The molecule has 74 valence electrons. The van der Waals surface area contributed by atoms with Gasteiger partial charge < -0.3 is 5.32 Å². The summed E-state index contributed by atoms with van der Waals surface area (Å²) in [5.74, 6) is 0. The zero-order valence-corrected chi connectivity index (χ0v) is 9.10. The molecule has 1 rings (SSSR count). The molecule has 0 aliphatic carbocycles. The standard InChI is InChI=1S/C11H13ClN2/c1-8-7-10(12)3-4-11(8)14-9(2)5-6-13/h3-4,7,9,14H,5H2,1-2H3. The van der Waals surface area contributed by atoms with Crippen LogP contribution >= 0.6 is 11.6 Å². The van der Waals surface area contributed by atoms with Gasteiger partial charge in [0, 0.05) is 16.8 Å². The third kappa shape index (κ3) is 2.93. The number of nitriles is 1. The summed E-state index contributed by atoms with van der Waals surface area (Å²) in [6.45, 7) is 3.98. The molecule has 0 saturated carbocycles. The molecule has 0 spiro atoms. The predicted octanol–water partition coefficient (Wildman–Crippen LogP) is 3.36. The Morgan fingerprint density at radius 3 is 2.86 bits per heavy atom. The van der Waals surface area contributed by atoms with Crippen LogP contribution < -0.4 is 5.32 Å². The van der Waals surface area contributed by atoms with Gasteiger partial charge in [0.25, 0.3) is 0 Å². The molecular formula is C11H13ClN2. The highest BCUT2D eigenvalue weighted by Crippen LogP contribution is 2.20. The van der Waals surface area contributed by atoms with E-state index in [9.17, 15) is 0 Å². The highest BCUT2D eigenvalue weighted by Gasteiger charge is 2.03. The first-order valence-electron chi connectivity index (χ1n) is 4.53. The highest BCUT2D eigenvalue weighted by molar-refractivity contribution is 6.30. The Morgan fingerprint density at radius 1 is 1.57 bits per heavy atom. The Kier molecular flexibility index (Phi) is 3.79. The quantitative estimate of drug-likeness (QED) is 0.827. The van der Waals surface area contributed by atoms with Crippen molar-refractivity contribution in [3.05, 3.63) is 28.8 Å². The molecule has 1 atom stereocenters. The van der Waals surface area contributed by atoms with Crippen LogP contribution in [0.3, 0.4) is 0 Å². The van der Waals surface area contributed by atoms with Crippen LogP contribution in [0.4, 0.5) is 5.69 Å². The van der Waals surface area contributed by atoms with Crippen LogP contribution in [0.1, 0.15) is 18.9 Å². The zero-order chi connectivity index (χ0) is 10.6. The molecule has 0 aliphatic heterocycles. The lowest BCUT2D eigenvalue weighted by atomic mass is 10.1. The van der Waals surface area contributed by atoms with Crippen molar-refractivity contribution < 1.29 is 0 Å². The fourth-order valence-corrected chi connectivity index (χ4v) is 1.47. The van der Waals surface area contributed by atoms with Gasteiger partial charge in [-0.25, -0.2) is 0 Å². The van der Waals surface area contributed by atoms with Crippen LogP contribution in [-0.4, -0.2) is 6.04 Å². The van der Waals surface area contributed by atoms with Gasteiger partial charge in [-0.15, -0.1) is 0 Å². The maximum absolute atomic E-state index is 8.52. The molecule has 2 nitrogen and oxygen atoms in total. The van der Waals surface area contributed by atoms with Crippen molar-refractivity contribution in [2.45, 2.75) is 26.3 Å². The van der Waals surface area contributed by atoms with Gasteiger partial charge in [0.1, 0.15) is 0 Å². The van der Waals surface area contributed by atoms with E-state index in [1.54, 1.807) is 0 Å². The summed E-state index contributed by atoms with van der Waals surface area (Å²) < 4.78 is 0. The topological polar surface area (TPSA) is 35.8 Å². The van der Waals surface area contributed by atoms with Crippen molar-refractivity contribution in [3.8, 4) is 6.07 Å². The Morgan fingerprint density at radius 2 is 2.29 bits per heavy atom. The molecule has 1 unspecified atom stereocenters. The van der Waals surface area contributed by atoms with Gasteiger partial charge in [0.05, 0.1) is 12.5 Å². The number of halogens is 1. The minimum atomic E-state index is 0.167. The molecule has 14 heavy (non-hydrogen) atoms. The van der Waals surface area contributed by atoms with Gasteiger partial charge in [0.15, 0.2) is 0 Å². The third-order valence-corrected chi connectivity index (χ3v) is 2.22. The lowest BCUT2D eigenvalue weighted by Gasteiger charge is -2.14. The largest absolute Gasteiger partial charge is 0.381 e. The van der Waals surface area contributed by atoms with Gasteiger partial charge in [-0.3, -0.25) is 0 Å². The number of hydrogen-bond donors (Lipinski definition) is 1. The Hall–Kier alpha value is -1.20. The number of anilines is 1. The molecule has 1 N–H and O–H groups in total. The number of benzene rings is 1. The molecule has 1 aromatic rings. The molecular weight excluding hydrogens is 196 g/mol. The van der Waals surface area contributed by atoms with E-state index in [1.165, 1.54) is 0 Å². The second-order valence-corrected chi connectivity index (χ2v) is 3.80. The summed E-state index contributed by atoms with van der Waals surface area (Å²) in [5, 5.41) is 12.5. The van der Waals surface area contributed by atoms with Gasteiger partial charge in [0.2, 0.25) is 0 Å². The SMILES string of the molecule is Cc1cc(Cl)ccc1NC(C)CC#N. The molecule has 3 heteroatoms.